The van der Waals surface area contributed by atoms with Crippen LogP contribution in [-0.4, -0.2) is 56.0 Å². The van der Waals surface area contributed by atoms with E-state index in [4.69, 9.17) is 23.7 Å². The van der Waals surface area contributed by atoms with Crippen molar-refractivity contribution in [2.24, 2.45) is 5.10 Å². The molecular formula is C33H34BrN5O10. The van der Waals surface area contributed by atoms with Crippen molar-refractivity contribution >= 4 is 45.7 Å². The van der Waals surface area contributed by atoms with Gasteiger partial charge in [-0.3, -0.25) is 14.9 Å². The van der Waals surface area contributed by atoms with Crippen LogP contribution in [0, 0.1) is 10.1 Å². The van der Waals surface area contributed by atoms with E-state index >= 15 is 0 Å². The summed E-state index contributed by atoms with van der Waals surface area (Å²) in [4.78, 5) is 47.8. The fraction of sp³-hybridized carbons (Fsp3) is 0.273. The number of allylic oxidation sites excluding steroid dienone is 1. The highest BCUT2D eigenvalue weighted by Gasteiger charge is 2.32. The van der Waals surface area contributed by atoms with Crippen LogP contribution < -0.4 is 35.0 Å². The average molecular weight is 741 g/mol. The summed E-state index contributed by atoms with van der Waals surface area (Å²) >= 11 is 3.49. The van der Waals surface area contributed by atoms with Gasteiger partial charge in [0.2, 0.25) is 0 Å². The van der Waals surface area contributed by atoms with E-state index in [1.54, 1.807) is 56.3 Å². The molecule has 0 fully saturated rings. The number of carbonyl (C=O) groups excluding carboxylic acids is 3. The Hall–Kier alpha value is -5.64. The van der Waals surface area contributed by atoms with Crippen molar-refractivity contribution in [3.63, 3.8) is 0 Å². The van der Waals surface area contributed by atoms with Crippen LogP contribution in [0.4, 0.5) is 10.5 Å². The quantitative estimate of drug-likeness (QED) is 0.0822. The molecule has 1 aliphatic heterocycles. The lowest BCUT2D eigenvalue weighted by atomic mass is 9.95. The van der Waals surface area contributed by atoms with Crippen molar-refractivity contribution in [3.05, 3.63) is 97.1 Å². The number of non-ortho nitro benzene ring substituents is 1. The number of hydrogen-bond donors (Lipinski definition) is 3. The normalized spacial score (nSPS) is 14.1. The van der Waals surface area contributed by atoms with Crippen LogP contribution in [0.15, 0.2) is 75.4 Å². The number of ether oxygens (including phenoxy) is 5. The van der Waals surface area contributed by atoms with Crippen molar-refractivity contribution in [3.8, 4) is 23.0 Å². The predicted octanol–water partition coefficient (Wildman–Crippen LogP) is 5.06. The summed E-state index contributed by atoms with van der Waals surface area (Å²) in [6.45, 7) is 5.39. The number of hydrazone groups is 1. The molecule has 49 heavy (non-hydrogen) atoms. The van der Waals surface area contributed by atoms with Crippen LogP contribution >= 0.6 is 15.9 Å². The minimum Gasteiger partial charge on any atom is -0.493 e. The summed E-state index contributed by atoms with van der Waals surface area (Å²) in [7, 11) is 1.42. The molecular weight excluding hydrogens is 706 g/mol. The van der Waals surface area contributed by atoms with Crippen LogP contribution in [0.5, 0.6) is 23.0 Å². The Morgan fingerprint density at radius 2 is 1.78 bits per heavy atom. The van der Waals surface area contributed by atoms with Gasteiger partial charge in [-0.1, -0.05) is 6.07 Å². The summed E-state index contributed by atoms with van der Waals surface area (Å²) in [5.41, 5.74) is 4.87. The average Bonchev–Trinajstić information content (AvgIpc) is 3.07. The topological polar surface area (TPSA) is 189 Å². The van der Waals surface area contributed by atoms with Crippen molar-refractivity contribution in [2.45, 2.75) is 33.4 Å². The summed E-state index contributed by atoms with van der Waals surface area (Å²) in [6, 6.07) is 13.0. The monoisotopic (exact) mass is 739 g/mol. The Bertz CT molecular complexity index is 1780. The molecule has 0 unspecified atom stereocenters. The first-order valence-corrected chi connectivity index (χ1v) is 15.7. The number of hydrogen-bond acceptors (Lipinski definition) is 11. The number of nitrogens with one attached hydrogen (secondary N) is 3. The number of halogens is 1. The number of nitrogens with zero attached hydrogens (tertiary/aromatic N) is 2. The number of nitro benzene ring substituents is 1. The van der Waals surface area contributed by atoms with Crippen LogP contribution in [0.25, 0.3) is 0 Å². The molecule has 0 saturated carbocycles. The maximum absolute atomic E-state index is 12.6. The van der Waals surface area contributed by atoms with E-state index in [0.29, 0.717) is 39.4 Å². The van der Waals surface area contributed by atoms with Gasteiger partial charge in [0, 0.05) is 17.8 Å². The molecule has 16 heteroatoms. The van der Waals surface area contributed by atoms with Gasteiger partial charge in [0.05, 0.1) is 47.5 Å². The number of urea groups is 1. The van der Waals surface area contributed by atoms with E-state index in [1.807, 2.05) is 6.92 Å². The number of nitro groups is 1. The second-order valence-corrected chi connectivity index (χ2v) is 11.1. The van der Waals surface area contributed by atoms with Crippen molar-refractivity contribution in [2.75, 3.05) is 26.9 Å². The van der Waals surface area contributed by atoms with Crippen LogP contribution in [0.3, 0.4) is 0 Å². The van der Waals surface area contributed by atoms with Gasteiger partial charge < -0.3 is 34.3 Å². The Labute approximate surface area is 289 Å². The fourth-order valence-electron chi connectivity index (χ4n) is 4.70. The van der Waals surface area contributed by atoms with Gasteiger partial charge in [0.1, 0.15) is 6.61 Å². The number of methoxy groups -OCH3 is 1. The first-order chi connectivity index (χ1) is 23.5. The molecule has 0 aliphatic carbocycles. The molecule has 1 aliphatic rings. The molecule has 4 rings (SSSR count). The zero-order valence-electron chi connectivity index (χ0n) is 27.0. The predicted molar refractivity (Wildman–Crippen MR) is 181 cm³/mol. The van der Waals surface area contributed by atoms with Gasteiger partial charge in [-0.15, -0.1) is 0 Å². The summed E-state index contributed by atoms with van der Waals surface area (Å²) in [5.74, 6) is 0.253. The lowest BCUT2D eigenvalue weighted by Gasteiger charge is -2.28. The second kappa shape index (κ2) is 17.0. The fourth-order valence-corrected chi connectivity index (χ4v) is 5.27. The van der Waals surface area contributed by atoms with Crippen molar-refractivity contribution in [1.29, 1.82) is 0 Å². The molecule has 0 aromatic heterocycles. The largest absolute Gasteiger partial charge is 0.493 e. The van der Waals surface area contributed by atoms with Crippen molar-refractivity contribution < 1.29 is 43.0 Å². The van der Waals surface area contributed by atoms with E-state index < -0.39 is 35.5 Å². The second-order valence-electron chi connectivity index (χ2n) is 10.3. The highest BCUT2D eigenvalue weighted by atomic mass is 79.9. The Morgan fingerprint density at radius 3 is 2.45 bits per heavy atom. The third kappa shape index (κ3) is 9.47. The maximum Gasteiger partial charge on any atom is 0.338 e. The van der Waals surface area contributed by atoms with E-state index in [2.05, 4.69) is 37.1 Å². The lowest BCUT2D eigenvalue weighted by molar-refractivity contribution is -0.384. The van der Waals surface area contributed by atoms with Gasteiger partial charge in [-0.05, 0) is 89.8 Å². The van der Waals surface area contributed by atoms with E-state index in [9.17, 15) is 24.5 Å². The zero-order valence-corrected chi connectivity index (χ0v) is 28.6. The standard InChI is InChI=1S/C33H34BrN5O10/c1-5-46-27-14-21(13-24(34)31(27)49-17-20-7-10-23(11-8-20)39(43)44)16-35-38-28(40)18-48-25-12-9-22(15-26(25)45-4)30-29(32(41)47-6-2)19(3)36-33(42)37-30/h7-16,30H,5-6,17-18H2,1-4H3,(H,38,40)(H2,36,37,42)/b35-16-/t30-/m0/s1. The number of benzene rings is 3. The first-order valence-electron chi connectivity index (χ1n) is 14.9. The highest BCUT2D eigenvalue weighted by Crippen LogP contribution is 2.37. The van der Waals surface area contributed by atoms with E-state index in [1.165, 1.54) is 25.5 Å². The zero-order chi connectivity index (χ0) is 35.5. The molecule has 3 amide bonds. The molecule has 3 N–H and O–H groups in total. The third-order valence-corrected chi connectivity index (χ3v) is 7.50. The summed E-state index contributed by atoms with van der Waals surface area (Å²) in [6.07, 6.45) is 1.42. The number of rotatable bonds is 15. The minimum absolute atomic E-state index is 0.0130. The Morgan fingerprint density at radius 1 is 1.02 bits per heavy atom. The van der Waals surface area contributed by atoms with Gasteiger partial charge in [0.25, 0.3) is 11.6 Å². The van der Waals surface area contributed by atoms with Crippen LogP contribution in [0.1, 0.15) is 43.5 Å². The smallest absolute Gasteiger partial charge is 0.338 e. The molecule has 3 aromatic rings. The molecule has 1 heterocycles. The molecule has 0 radical (unpaired) electrons. The number of esters is 1. The SMILES string of the molecule is CCOC(=O)C1=C(C)NC(=O)N[C@H]1c1ccc(OCC(=O)N/N=C\c2cc(Br)c(OCc3ccc([N+](=O)[O-])cc3)c(OCC)c2)c(OC)c1. The molecule has 3 aromatic carbocycles. The third-order valence-electron chi connectivity index (χ3n) is 6.91. The van der Waals surface area contributed by atoms with Crippen LogP contribution in [0.2, 0.25) is 0 Å². The molecule has 0 saturated heterocycles. The lowest BCUT2D eigenvalue weighted by Crippen LogP contribution is -2.45. The molecule has 0 spiro atoms. The molecule has 1 atom stereocenters. The van der Waals surface area contributed by atoms with Gasteiger partial charge in [-0.25, -0.2) is 15.0 Å². The minimum atomic E-state index is -0.799. The van der Waals surface area contributed by atoms with Crippen molar-refractivity contribution in [1.82, 2.24) is 16.1 Å². The van der Waals surface area contributed by atoms with Gasteiger partial charge in [-0.2, -0.15) is 5.10 Å². The van der Waals surface area contributed by atoms with Crippen LogP contribution in [-0.2, 0) is 20.9 Å². The summed E-state index contributed by atoms with van der Waals surface area (Å²) in [5, 5.41) is 20.2. The maximum atomic E-state index is 12.6. The molecule has 15 nitrogen and oxygen atoms in total. The summed E-state index contributed by atoms with van der Waals surface area (Å²) < 4.78 is 28.6. The Kier molecular flexibility index (Phi) is 12.5. The first kappa shape index (κ1) is 36.2. The molecule has 0 bridgehead atoms. The van der Waals surface area contributed by atoms with Gasteiger partial charge in [0.15, 0.2) is 29.6 Å². The number of carbonyl (C=O) groups is 3. The number of amides is 3. The van der Waals surface area contributed by atoms with E-state index in [-0.39, 0.29) is 36.0 Å². The van der Waals surface area contributed by atoms with E-state index in [0.717, 1.165) is 5.56 Å². The molecule has 258 valence electrons. The Balaban J connectivity index is 1.38. The van der Waals surface area contributed by atoms with Gasteiger partial charge >= 0.3 is 12.0 Å². The highest BCUT2D eigenvalue weighted by molar-refractivity contribution is 9.10.